The third-order valence-corrected chi connectivity index (χ3v) is 5.80. The number of oxazole rings is 1. The molecule has 1 N–H and O–H groups in total. The van der Waals surface area contributed by atoms with Crippen LogP contribution in [-0.2, 0) is 4.79 Å². The van der Waals surface area contributed by atoms with Crippen molar-refractivity contribution < 1.29 is 9.21 Å². The lowest BCUT2D eigenvalue weighted by molar-refractivity contribution is -0.119. The average Bonchev–Trinajstić information content (AvgIpc) is 3.44. The topological polar surface area (TPSA) is 107 Å². The van der Waals surface area contributed by atoms with Crippen LogP contribution in [-0.4, -0.2) is 34.0 Å². The molecular weight excluding hydrogens is 380 g/mol. The summed E-state index contributed by atoms with van der Waals surface area (Å²) in [6, 6.07) is 9.92. The third kappa shape index (κ3) is 3.18. The number of hydrogen-bond acceptors (Lipinski definition) is 6. The predicted molar refractivity (Wildman–Crippen MR) is 110 cm³/mol. The Morgan fingerprint density at radius 3 is 2.83 bits per heavy atom. The van der Waals surface area contributed by atoms with E-state index in [9.17, 15) is 10.1 Å². The monoisotopic (exact) mass is 400 g/mol. The Labute approximate surface area is 173 Å². The van der Waals surface area contributed by atoms with Crippen molar-refractivity contribution in [2.75, 3.05) is 0 Å². The van der Waals surface area contributed by atoms with Gasteiger partial charge in [0.2, 0.25) is 5.89 Å². The molecule has 0 bridgehead atoms. The maximum absolute atomic E-state index is 12.6. The summed E-state index contributed by atoms with van der Waals surface area (Å²) >= 11 is 0. The number of nitrogens with zero attached hydrogens (tertiary/aromatic N) is 5. The molecule has 1 saturated heterocycles. The summed E-state index contributed by atoms with van der Waals surface area (Å²) < 4.78 is 5.32. The predicted octanol–water partition coefficient (Wildman–Crippen LogP) is 3.39. The van der Waals surface area contributed by atoms with Crippen LogP contribution in [0, 0.1) is 23.2 Å². The molecule has 3 heterocycles. The fraction of sp³-hybridized carbons (Fsp3) is 0.318. The number of aromatic nitrogens is 1. The van der Waals surface area contributed by atoms with Crippen LogP contribution in [0.5, 0.6) is 0 Å². The summed E-state index contributed by atoms with van der Waals surface area (Å²) in [4.78, 5) is 25.4. The molecule has 1 unspecified atom stereocenters. The number of carbonyl (C=O) groups is 1. The molecule has 1 amide bonds. The number of hydrogen-bond donors (Lipinski definition) is 1. The molecule has 1 aliphatic carbocycles. The summed E-state index contributed by atoms with van der Waals surface area (Å²) in [6.07, 6.45) is 10.4. The Balaban J connectivity index is 1.46. The van der Waals surface area contributed by atoms with Crippen molar-refractivity contribution in [2.24, 2.45) is 21.8 Å². The summed E-state index contributed by atoms with van der Waals surface area (Å²) in [5.41, 5.74) is 5.69. The van der Waals surface area contributed by atoms with Crippen molar-refractivity contribution in [3.8, 4) is 17.5 Å². The largest absolute Gasteiger partial charge is 0.445 e. The summed E-state index contributed by atoms with van der Waals surface area (Å²) in [5.74, 6) is 0.182. The van der Waals surface area contributed by atoms with Crippen LogP contribution in [0.2, 0.25) is 0 Å². The van der Waals surface area contributed by atoms with Crippen molar-refractivity contribution in [1.29, 1.82) is 5.26 Å². The van der Waals surface area contributed by atoms with Gasteiger partial charge in [0.1, 0.15) is 18.0 Å². The van der Waals surface area contributed by atoms with E-state index in [1.165, 1.54) is 12.5 Å². The summed E-state index contributed by atoms with van der Waals surface area (Å²) in [6.45, 7) is 0. The van der Waals surface area contributed by atoms with Crippen molar-refractivity contribution in [3.05, 3.63) is 48.5 Å². The van der Waals surface area contributed by atoms with Crippen molar-refractivity contribution >= 4 is 23.6 Å². The standard InChI is InChI=1S/C22H20N6O2/c23-13-15-3-1-2-4-17(15)28-18-9-10-24-21(29)19(18)20(27-28)26-16-7-5-14(6-8-16)22-25-11-12-30-22/h5-12,15,17,19H,1-4H2,(H,26,27)/t15-,17+,19?/m1/s1. The minimum atomic E-state index is -0.567. The molecule has 0 radical (unpaired) electrons. The number of nitriles is 1. The molecule has 8 heteroatoms. The van der Waals surface area contributed by atoms with Gasteiger partial charge in [0.15, 0.2) is 0 Å². The van der Waals surface area contributed by atoms with Gasteiger partial charge in [-0.25, -0.2) is 15.0 Å². The lowest BCUT2D eigenvalue weighted by Crippen LogP contribution is -2.46. The summed E-state index contributed by atoms with van der Waals surface area (Å²) in [5, 5.41) is 11.6. The van der Waals surface area contributed by atoms with Crippen LogP contribution >= 0.6 is 0 Å². The number of benzene rings is 1. The second-order valence-corrected chi connectivity index (χ2v) is 7.59. The second-order valence-electron chi connectivity index (χ2n) is 7.59. The molecule has 30 heavy (non-hydrogen) atoms. The number of fused-ring (bicyclic) bond motifs is 1. The number of nitrogens with one attached hydrogen (secondary N) is 1. The highest BCUT2D eigenvalue weighted by Gasteiger charge is 2.45. The molecule has 2 aliphatic heterocycles. The highest BCUT2D eigenvalue weighted by atomic mass is 16.3. The van der Waals surface area contributed by atoms with Crippen LogP contribution in [0.1, 0.15) is 25.7 Å². The quantitative estimate of drug-likeness (QED) is 0.846. The number of rotatable bonds is 3. The Morgan fingerprint density at radius 1 is 1.23 bits per heavy atom. The van der Waals surface area contributed by atoms with Gasteiger partial charge >= 0.3 is 0 Å². The molecule has 0 spiro atoms. The van der Waals surface area contributed by atoms with Crippen LogP contribution in [0.15, 0.2) is 62.9 Å². The van der Waals surface area contributed by atoms with Crippen LogP contribution < -0.4 is 5.43 Å². The van der Waals surface area contributed by atoms with E-state index in [4.69, 9.17) is 9.41 Å². The fourth-order valence-electron chi connectivity index (χ4n) is 4.33. The minimum Gasteiger partial charge on any atom is -0.445 e. The fourth-order valence-corrected chi connectivity index (χ4v) is 4.33. The van der Waals surface area contributed by atoms with Gasteiger partial charge in [0.25, 0.3) is 5.91 Å². The Bertz CT molecular complexity index is 1080. The maximum atomic E-state index is 12.6. The van der Waals surface area contributed by atoms with E-state index in [1.54, 1.807) is 6.20 Å². The Hall–Kier alpha value is -3.73. The van der Waals surface area contributed by atoms with E-state index in [-0.39, 0.29) is 17.9 Å². The van der Waals surface area contributed by atoms with E-state index in [2.05, 4.69) is 21.5 Å². The number of carbonyl (C=O) groups excluding carboxylic acids is 1. The third-order valence-electron chi connectivity index (χ3n) is 5.80. The molecule has 1 saturated carbocycles. The molecular formula is C22H20N6O2. The first-order valence-corrected chi connectivity index (χ1v) is 10.1. The highest BCUT2D eigenvalue weighted by molar-refractivity contribution is 6.12. The zero-order chi connectivity index (χ0) is 20.5. The van der Waals surface area contributed by atoms with Gasteiger partial charge in [0.05, 0.1) is 35.6 Å². The smallest absolute Gasteiger partial charge is 0.262 e. The number of amides is 1. The van der Waals surface area contributed by atoms with Crippen molar-refractivity contribution in [3.63, 3.8) is 0 Å². The lowest BCUT2D eigenvalue weighted by Gasteiger charge is -2.36. The first-order valence-electron chi connectivity index (χ1n) is 10.1. The molecule has 8 nitrogen and oxygen atoms in total. The first-order chi connectivity index (χ1) is 14.7. The molecule has 5 rings (SSSR count). The van der Waals surface area contributed by atoms with Crippen molar-refractivity contribution in [1.82, 2.24) is 15.4 Å². The van der Waals surface area contributed by atoms with Crippen molar-refractivity contribution in [2.45, 2.75) is 31.7 Å². The van der Waals surface area contributed by atoms with Gasteiger partial charge < -0.3 is 4.42 Å². The van der Waals surface area contributed by atoms with Gasteiger partial charge in [-0.1, -0.05) is 12.8 Å². The SMILES string of the molecule is N#C[C@H]1CCCC[C@@H]1N1NC(=Nc2ccc(-c3ncco3)cc2)C2C(=O)N=CC=C21. The average molecular weight is 400 g/mol. The van der Waals surface area contributed by atoms with Crippen LogP contribution in [0.4, 0.5) is 5.69 Å². The van der Waals surface area contributed by atoms with Gasteiger partial charge in [-0.15, -0.1) is 0 Å². The van der Waals surface area contributed by atoms with E-state index >= 15 is 0 Å². The highest BCUT2D eigenvalue weighted by Crippen LogP contribution is 2.36. The number of dihydropyridines is 1. The van der Waals surface area contributed by atoms with Crippen LogP contribution in [0.25, 0.3) is 11.5 Å². The lowest BCUT2D eigenvalue weighted by atomic mass is 9.84. The van der Waals surface area contributed by atoms with Crippen LogP contribution in [0.3, 0.4) is 0 Å². The second kappa shape index (κ2) is 7.59. The summed E-state index contributed by atoms with van der Waals surface area (Å²) in [7, 11) is 0. The first kappa shape index (κ1) is 18.3. The van der Waals surface area contributed by atoms with Gasteiger partial charge in [-0.05, 0) is 43.2 Å². The molecule has 3 atom stereocenters. The molecule has 3 aliphatic rings. The number of aliphatic imine (C=N–C) groups is 2. The maximum Gasteiger partial charge on any atom is 0.262 e. The molecule has 2 aromatic rings. The molecule has 2 fully saturated rings. The zero-order valence-corrected chi connectivity index (χ0v) is 16.2. The van der Waals surface area contributed by atoms with E-state index < -0.39 is 5.92 Å². The molecule has 150 valence electrons. The number of hydrazine groups is 1. The van der Waals surface area contributed by atoms with E-state index in [0.717, 1.165) is 36.9 Å². The Morgan fingerprint density at radius 2 is 2.07 bits per heavy atom. The Kier molecular flexibility index (Phi) is 4.64. The molecule has 1 aromatic carbocycles. The van der Waals surface area contributed by atoms with E-state index in [0.29, 0.717) is 17.4 Å². The molecule has 1 aromatic heterocycles. The number of allylic oxidation sites excluding steroid dienone is 1. The van der Waals surface area contributed by atoms with Gasteiger partial charge in [0, 0.05) is 11.8 Å². The van der Waals surface area contributed by atoms with Gasteiger partial charge in [-0.3, -0.25) is 15.2 Å². The van der Waals surface area contributed by atoms with E-state index in [1.807, 2.05) is 35.4 Å². The minimum absolute atomic E-state index is 0.0110. The number of amidine groups is 1. The zero-order valence-electron chi connectivity index (χ0n) is 16.2. The normalized spacial score (nSPS) is 26.8. The van der Waals surface area contributed by atoms with Gasteiger partial charge in [-0.2, -0.15) is 5.26 Å².